The quantitative estimate of drug-likeness (QED) is 0.562. The molecular weight excluding hydrogens is 135 g/mol. The van der Waals surface area contributed by atoms with Gasteiger partial charge in [0.05, 0.1) is 6.17 Å². The summed E-state index contributed by atoms with van der Waals surface area (Å²) in [5.74, 6) is 0. The Morgan fingerprint density at radius 2 is 2.36 bits per heavy atom. The number of hydrogen-bond donors (Lipinski definition) is 1. The zero-order valence-corrected chi connectivity index (χ0v) is 7.51. The van der Waals surface area contributed by atoms with E-state index in [1.807, 2.05) is 6.20 Å². The molecule has 11 heavy (non-hydrogen) atoms. The monoisotopic (exact) mass is 152 g/mol. The molecule has 1 fully saturated rings. The van der Waals surface area contributed by atoms with Gasteiger partial charge in [-0.15, -0.1) is 0 Å². The Balaban J connectivity index is 2.58. The highest BCUT2D eigenvalue weighted by Crippen LogP contribution is 2.30. The average Bonchev–Trinajstić information content (AvgIpc) is 1.94. The summed E-state index contributed by atoms with van der Waals surface area (Å²) in [5, 5.41) is 0.407. The molecule has 0 bridgehead atoms. The molecule has 1 aliphatic rings. The Bertz CT molecular complexity index is 156. The van der Waals surface area contributed by atoms with Crippen LogP contribution in [0.1, 0.15) is 13.8 Å². The molecule has 2 N–H and O–H groups in total. The minimum absolute atomic E-state index is 0.195. The maximum absolute atomic E-state index is 5.87. The fourth-order valence-electron chi connectivity index (χ4n) is 1.59. The van der Waals surface area contributed by atoms with Crippen molar-refractivity contribution in [3.63, 3.8) is 0 Å². The van der Waals surface area contributed by atoms with E-state index in [2.05, 4.69) is 25.3 Å². The molecule has 1 aliphatic heterocycles. The van der Waals surface area contributed by atoms with E-state index in [-0.39, 0.29) is 6.17 Å². The molecule has 0 aliphatic carbocycles. The summed E-state index contributed by atoms with van der Waals surface area (Å²) in [6.07, 6.45) is 3.13. The number of hydrogen-bond acceptors (Lipinski definition) is 2. The Morgan fingerprint density at radius 3 is 2.82 bits per heavy atom. The highest BCUT2D eigenvalue weighted by Gasteiger charge is 2.29. The molecule has 1 heterocycles. The molecule has 1 atom stereocenters. The van der Waals surface area contributed by atoms with Crippen molar-refractivity contribution >= 4 is 7.28 Å². The first-order valence-corrected chi connectivity index (χ1v) is 4.19. The van der Waals surface area contributed by atoms with Crippen molar-refractivity contribution in [2.45, 2.75) is 31.6 Å². The van der Waals surface area contributed by atoms with Crippen molar-refractivity contribution in [2.24, 2.45) is 5.73 Å². The smallest absolute Gasteiger partial charge is 0.133 e. The topological polar surface area (TPSA) is 29.3 Å². The maximum atomic E-state index is 5.87. The van der Waals surface area contributed by atoms with Gasteiger partial charge in [-0.1, -0.05) is 20.4 Å². The van der Waals surface area contributed by atoms with Gasteiger partial charge in [-0.3, -0.25) is 0 Å². The van der Waals surface area contributed by atoms with Gasteiger partial charge in [0.25, 0.3) is 0 Å². The summed E-state index contributed by atoms with van der Waals surface area (Å²) in [6, 6.07) is 0. The Kier molecular flexibility index (Phi) is 2.28. The van der Waals surface area contributed by atoms with Crippen LogP contribution >= 0.6 is 0 Å². The van der Waals surface area contributed by atoms with Crippen molar-refractivity contribution in [1.29, 1.82) is 0 Å². The van der Waals surface area contributed by atoms with Gasteiger partial charge in [-0.05, 0) is 17.8 Å². The highest BCUT2D eigenvalue weighted by atomic mass is 15.2. The van der Waals surface area contributed by atoms with Crippen molar-refractivity contribution in [3.8, 4) is 0 Å². The van der Waals surface area contributed by atoms with Gasteiger partial charge < -0.3 is 10.6 Å². The van der Waals surface area contributed by atoms with Crippen LogP contribution < -0.4 is 5.73 Å². The van der Waals surface area contributed by atoms with Gasteiger partial charge in [0.15, 0.2) is 0 Å². The Morgan fingerprint density at radius 1 is 1.73 bits per heavy atom. The molecule has 2 nitrogen and oxygen atoms in total. The lowest BCUT2D eigenvalue weighted by atomic mass is 9.49. The van der Waals surface area contributed by atoms with Crippen LogP contribution in [0.5, 0.6) is 0 Å². The van der Waals surface area contributed by atoms with Crippen molar-refractivity contribution in [1.82, 2.24) is 4.90 Å². The molecule has 0 aromatic carbocycles. The van der Waals surface area contributed by atoms with Crippen LogP contribution in [0.4, 0.5) is 0 Å². The average molecular weight is 152 g/mol. The van der Waals surface area contributed by atoms with Crippen molar-refractivity contribution in [3.05, 3.63) is 12.8 Å². The van der Waals surface area contributed by atoms with Crippen LogP contribution in [0.3, 0.4) is 0 Å². The van der Waals surface area contributed by atoms with Gasteiger partial charge >= 0.3 is 0 Å². The third-order valence-electron chi connectivity index (χ3n) is 2.39. The molecule has 0 saturated carbocycles. The van der Waals surface area contributed by atoms with E-state index in [0.717, 1.165) is 12.9 Å². The summed E-state index contributed by atoms with van der Waals surface area (Å²) < 4.78 is 0. The standard InChI is InChI=1S/C8H17BN2/c1-4-11-6-8(2,3)9-5-7(11)10/h4,7,9H,1,5-6,10H2,2-3H3. The summed E-state index contributed by atoms with van der Waals surface area (Å²) in [5.41, 5.74) is 5.87. The van der Waals surface area contributed by atoms with Crippen LogP contribution in [-0.4, -0.2) is 24.9 Å². The summed E-state index contributed by atoms with van der Waals surface area (Å²) in [7, 11) is 1.22. The number of nitrogens with two attached hydrogens (primary N) is 1. The summed E-state index contributed by atoms with van der Waals surface area (Å²) >= 11 is 0. The molecule has 1 unspecified atom stereocenters. The van der Waals surface area contributed by atoms with E-state index >= 15 is 0 Å². The van der Waals surface area contributed by atoms with Crippen LogP contribution in [0, 0.1) is 0 Å². The molecule has 62 valence electrons. The van der Waals surface area contributed by atoms with E-state index in [0.29, 0.717) is 5.31 Å². The molecule has 0 aromatic heterocycles. The molecule has 0 amide bonds. The molecule has 0 aromatic rings. The zero-order chi connectivity index (χ0) is 8.48. The minimum atomic E-state index is 0.195. The third-order valence-corrected chi connectivity index (χ3v) is 2.39. The Labute approximate surface area is 69.7 Å². The minimum Gasteiger partial charge on any atom is -0.364 e. The van der Waals surface area contributed by atoms with E-state index in [1.165, 1.54) is 7.28 Å². The first-order chi connectivity index (χ1) is 5.05. The van der Waals surface area contributed by atoms with Gasteiger partial charge in [0.1, 0.15) is 7.28 Å². The van der Waals surface area contributed by atoms with Crippen LogP contribution in [0.2, 0.25) is 11.6 Å². The van der Waals surface area contributed by atoms with E-state index < -0.39 is 0 Å². The van der Waals surface area contributed by atoms with Crippen molar-refractivity contribution < 1.29 is 0 Å². The van der Waals surface area contributed by atoms with Gasteiger partial charge in [0, 0.05) is 6.54 Å². The predicted octanol–water partition coefficient (Wildman–Crippen LogP) is 0.784. The molecule has 1 saturated heterocycles. The SMILES string of the molecule is C=CN1CC(C)(C)BCC1N. The van der Waals surface area contributed by atoms with Crippen LogP contribution in [-0.2, 0) is 0 Å². The fraction of sp³-hybridized carbons (Fsp3) is 0.750. The van der Waals surface area contributed by atoms with Gasteiger partial charge in [-0.25, -0.2) is 0 Å². The zero-order valence-electron chi connectivity index (χ0n) is 7.51. The predicted molar refractivity (Wildman–Crippen MR) is 50.9 cm³/mol. The van der Waals surface area contributed by atoms with Crippen LogP contribution in [0.25, 0.3) is 0 Å². The lowest BCUT2D eigenvalue weighted by molar-refractivity contribution is 0.253. The largest absolute Gasteiger partial charge is 0.364 e. The Hall–Kier alpha value is -0.435. The first kappa shape index (κ1) is 8.66. The third kappa shape index (κ3) is 1.99. The molecule has 1 rings (SSSR count). The lowest BCUT2D eigenvalue weighted by Crippen LogP contribution is -2.48. The normalized spacial score (nSPS) is 29.4. The summed E-state index contributed by atoms with van der Waals surface area (Å²) in [4.78, 5) is 2.13. The van der Waals surface area contributed by atoms with Gasteiger partial charge in [0.2, 0.25) is 0 Å². The second-order valence-corrected chi connectivity index (χ2v) is 4.13. The van der Waals surface area contributed by atoms with E-state index in [4.69, 9.17) is 5.73 Å². The second-order valence-electron chi connectivity index (χ2n) is 4.13. The fourth-order valence-corrected chi connectivity index (χ4v) is 1.59. The van der Waals surface area contributed by atoms with Gasteiger partial charge in [-0.2, -0.15) is 0 Å². The van der Waals surface area contributed by atoms with Crippen LogP contribution in [0.15, 0.2) is 12.8 Å². The maximum Gasteiger partial charge on any atom is 0.133 e. The lowest BCUT2D eigenvalue weighted by Gasteiger charge is -2.40. The van der Waals surface area contributed by atoms with E-state index in [9.17, 15) is 0 Å². The first-order valence-electron chi connectivity index (χ1n) is 4.19. The number of rotatable bonds is 1. The summed E-state index contributed by atoms with van der Waals surface area (Å²) in [6.45, 7) is 9.33. The molecule has 3 heteroatoms. The molecule has 0 spiro atoms. The highest BCUT2D eigenvalue weighted by molar-refractivity contribution is 6.40. The number of nitrogens with zero attached hydrogens (tertiary/aromatic N) is 1. The van der Waals surface area contributed by atoms with E-state index in [1.54, 1.807) is 0 Å². The molecule has 0 radical (unpaired) electrons. The van der Waals surface area contributed by atoms with Crippen molar-refractivity contribution in [2.75, 3.05) is 6.54 Å². The second kappa shape index (κ2) is 2.90. The molecular formula is C8H17BN2.